The number of hydrogen-bond donors (Lipinski definition) is 2. The standard InChI is InChI=1S/C9H8O4.C6H4BrCl/c1-5-6(8(10)11)3-2-4-7(5)9(12)13;7-5-1-3-6(8)4-2-5/h2-4H,1H3,(H,10,11)(H,12,13);1-4H. The molecule has 0 bridgehead atoms. The molecule has 0 unspecified atom stereocenters. The van der Waals surface area contributed by atoms with Crippen LogP contribution in [0.25, 0.3) is 0 Å². The summed E-state index contributed by atoms with van der Waals surface area (Å²) in [7, 11) is 0. The first-order valence-electron chi connectivity index (χ1n) is 5.80. The van der Waals surface area contributed by atoms with Gasteiger partial charge < -0.3 is 10.2 Å². The fraction of sp³-hybridized carbons (Fsp3) is 0.0667. The lowest BCUT2D eigenvalue weighted by Gasteiger charge is -2.03. The van der Waals surface area contributed by atoms with Gasteiger partial charge in [0.05, 0.1) is 11.1 Å². The summed E-state index contributed by atoms with van der Waals surface area (Å²) in [6.45, 7) is 1.48. The monoisotopic (exact) mass is 370 g/mol. The largest absolute Gasteiger partial charge is 0.478 e. The van der Waals surface area contributed by atoms with E-state index in [9.17, 15) is 9.59 Å². The molecule has 0 saturated heterocycles. The first kappa shape index (κ1) is 17.2. The van der Waals surface area contributed by atoms with Crippen LogP contribution in [0.1, 0.15) is 26.3 Å². The Hall–Kier alpha value is -1.85. The SMILES string of the molecule is Cc1c(C(=O)O)cccc1C(=O)O.Clc1ccc(Br)cc1. The predicted molar refractivity (Wildman–Crippen MR) is 84.2 cm³/mol. The highest BCUT2D eigenvalue weighted by Crippen LogP contribution is 2.14. The lowest BCUT2D eigenvalue weighted by molar-refractivity contribution is 0.0696. The average molecular weight is 372 g/mol. The van der Waals surface area contributed by atoms with Crippen LogP contribution in [0.5, 0.6) is 0 Å². The first-order chi connectivity index (χ1) is 9.82. The maximum atomic E-state index is 10.6. The van der Waals surface area contributed by atoms with Gasteiger partial charge in [-0.2, -0.15) is 0 Å². The van der Waals surface area contributed by atoms with Crippen LogP contribution in [0.15, 0.2) is 46.9 Å². The van der Waals surface area contributed by atoms with E-state index in [4.69, 9.17) is 21.8 Å². The Bertz CT molecular complexity index is 600. The summed E-state index contributed by atoms with van der Waals surface area (Å²) in [5.74, 6) is -2.22. The molecule has 21 heavy (non-hydrogen) atoms. The Morgan fingerprint density at radius 2 is 1.38 bits per heavy atom. The summed E-state index contributed by atoms with van der Waals surface area (Å²) in [5.41, 5.74) is 0.335. The van der Waals surface area contributed by atoms with Gasteiger partial charge in [-0.25, -0.2) is 9.59 Å². The zero-order valence-corrected chi connectivity index (χ0v) is 13.4. The molecule has 2 N–H and O–H groups in total. The number of rotatable bonds is 2. The minimum Gasteiger partial charge on any atom is -0.478 e. The number of carbonyl (C=O) groups is 2. The van der Waals surface area contributed by atoms with Crippen LogP contribution >= 0.6 is 27.5 Å². The molecule has 0 atom stereocenters. The topological polar surface area (TPSA) is 74.6 Å². The quantitative estimate of drug-likeness (QED) is 0.815. The maximum Gasteiger partial charge on any atom is 0.335 e. The fourth-order valence-electron chi connectivity index (χ4n) is 1.53. The third-order valence-corrected chi connectivity index (χ3v) is 3.38. The van der Waals surface area contributed by atoms with E-state index in [0.29, 0.717) is 0 Å². The van der Waals surface area contributed by atoms with E-state index in [1.165, 1.54) is 25.1 Å². The second-order valence-electron chi connectivity index (χ2n) is 4.02. The van der Waals surface area contributed by atoms with Gasteiger partial charge in [0.25, 0.3) is 0 Å². The van der Waals surface area contributed by atoms with Crippen LogP contribution in [0.3, 0.4) is 0 Å². The second-order valence-corrected chi connectivity index (χ2v) is 5.38. The summed E-state index contributed by atoms with van der Waals surface area (Å²) in [5, 5.41) is 18.1. The third kappa shape index (κ3) is 5.21. The number of carboxylic acid groups (broad SMARTS) is 2. The van der Waals surface area contributed by atoms with Crippen molar-refractivity contribution in [2.24, 2.45) is 0 Å². The van der Waals surface area contributed by atoms with Gasteiger partial charge in [0, 0.05) is 9.50 Å². The number of carboxylic acids is 2. The van der Waals surface area contributed by atoms with Gasteiger partial charge in [-0.1, -0.05) is 33.6 Å². The summed E-state index contributed by atoms with van der Waals surface area (Å²) >= 11 is 8.88. The van der Waals surface area contributed by atoms with Crippen molar-refractivity contribution in [2.45, 2.75) is 6.92 Å². The molecule has 0 aliphatic heterocycles. The van der Waals surface area contributed by atoms with Crippen LogP contribution in [0.2, 0.25) is 5.02 Å². The van der Waals surface area contributed by atoms with E-state index >= 15 is 0 Å². The Labute approximate surface area is 135 Å². The van der Waals surface area contributed by atoms with Crippen molar-refractivity contribution in [3.8, 4) is 0 Å². The van der Waals surface area contributed by atoms with E-state index in [-0.39, 0.29) is 16.7 Å². The second kappa shape index (κ2) is 7.81. The molecule has 0 saturated carbocycles. The molecule has 4 nitrogen and oxygen atoms in total. The van der Waals surface area contributed by atoms with Crippen LogP contribution in [0, 0.1) is 6.92 Å². The molecule has 0 amide bonds. The van der Waals surface area contributed by atoms with Crippen molar-refractivity contribution in [3.63, 3.8) is 0 Å². The number of hydrogen-bond acceptors (Lipinski definition) is 2. The number of benzene rings is 2. The molecule has 0 aromatic heterocycles. The molecule has 110 valence electrons. The van der Waals surface area contributed by atoms with Gasteiger partial charge in [-0.3, -0.25) is 0 Å². The summed E-state index contributed by atoms with van der Waals surface area (Å²) in [6.07, 6.45) is 0. The Balaban J connectivity index is 0.000000235. The average Bonchev–Trinajstić information content (AvgIpc) is 2.42. The van der Waals surface area contributed by atoms with E-state index in [0.717, 1.165) is 9.50 Å². The maximum absolute atomic E-state index is 10.6. The molecule has 0 heterocycles. The zero-order chi connectivity index (χ0) is 16.0. The van der Waals surface area contributed by atoms with E-state index in [2.05, 4.69) is 15.9 Å². The minimum atomic E-state index is -1.11. The molecule has 0 radical (unpaired) electrons. The van der Waals surface area contributed by atoms with Gasteiger partial charge in [0.2, 0.25) is 0 Å². The van der Waals surface area contributed by atoms with Gasteiger partial charge in [0.1, 0.15) is 0 Å². The van der Waals surface area contributed by atoms with Crippen molar-refractivity contribution in [2.75, 3.05) is 0 Å². The lowest BCUT2D eigenvalue weighted by Crippen LogP contribution is -2.06. The summed E-state index contributed by atoms with van der Waals surface area (Å²) in [6, 6.07) is 11.7. The van der Waals surface area contributed by atoms with Gasteiger partial charge >= 0.3 is 11.9 Å². The van der Waals surface area contributed by atoms with E-state index in [1.807, 2.05) is 24.3 Å². The molecule has 6 heteroatoms. The predicted octanol–water partition coefficient (Wildman–Crippen LogP) is 4.49. The normalized spacial score (nSPS) is 9.48. The fourth-order valence-corrected chi connectivity index (χ4v) is 1.92. The number of aromatic carboxylic acids is 2. The highest BCUT2D eigenvalue weighted by atomic mass is 79.9. The summed E-state index contributed by atoms with van der Waals surface area (Å²) < 4.78 is 1.06. The van der Waals surface area contributed by atoms with Gasteiger partial charge in [-0.15, -0.1) is 0 Å². The van der Waals surface area contributed by atoms with Gasteiger partial charge in [-0.05, 0) is 48.9 Å². The molecule has 0 fully saturated rings. The smallest absolute Gasteiger partial charge is 0.335 e. The Morgan fingerprint density at radius 3 is 1.71 bits per heavy atom. The third-order valence-electron chi connectivity index (χ3n) is 2.60. The van der Waals surface area contributed by atoms with Crippen molar-refractivity contribution >= 4 is 39.5 Å². The molecular weight excluding hydrogens is 360 g/mol. The lowest BCUT2D eigenvalue weighted by atomic mass is 10.0. The molecule has 0 spiro atoms. The van der Waals surface area contributed by atoms with Crippen molar-refractivity contribution in [1.82, 2.24) is 0 Å². The van der Waals surface area contributed by atoms with E-state index in [1.54, 1.807) is 0 Å². The van der Waals surface area contributed by atoms with Crippen LogP contribution < -0.4 is 0 Å². The van der Waals surface area contributed by atoms with Crippen molar-refractivity contribution in [3.05, 3.63) is 68.7 Å². The Morgan fingerprint density at radius 1 is 0.952 bits per heavy atom. The van der Waals surface area contributed by atoms with Crippen molar-refractivity contribution in [1.29, 1.82) is 0 Å². The van der Waals surface area contributed by atoms with Crippen molar-refractivity contribution < 1.29 is 19.8 Å². The molecular formula is C15H12BrClO4. The molecule has 0 aliphatic carbocycles. The highest BCUT2D eigenvalue weighted by Gasteiger charge is 2.13. The molecule has 2 aromatic carbocycles. The highest BCUT2D eigenvalue weighted by molar-refractivity contribution is 9.10. The summed E-state index contributed by atoms with van der Waals surface area (Å²) in [4.78, 5) is 21.2. The molecule has 2 rings (SSSR count). The Kier molecular flexibility index (Phi) is 6.39. The van der Waals surface area contributed by atoms with Crippen LogP contribution in [0.4, 0.5) is 0 Å². The minimum absolute atomic E-state index is 0.0277. The molecule has 2 aromatic rings. The van der Waals surface area contributed by atoms with Crippen LogP contribution in [-0.4, -0.2) is 22.2 Å². The molecule has 0 aliphatic rings. The van der Waals surface area contributed by atoms with Gasteiger partial charge in [0.15, 0.2) is 0 Å². The first-order valence-corrected chi connectivity index (χ1v) is 6.97. The number of halogens is 2. The zero-order valence-electron chi connectivity index (χ0n) is 11.0. The van der Waals surface area contributed by atoms with Crippen LogP contribution in [-0.2, 0) is 0 Å². The van der Waals surface area contributed by atoms with E-state index < -0.39 is 11.9 Å².